The average Bonchev–Trinajstić information content (AvgIpc) is 3.24. The molecule has 2 amide bonds. The Morgan fingerprint density at radius 3 is 2.61 bits per heavy atom. The lowest BCUT2D eigenvalue weighted by Gasteiger charge is -2.40. The molecule has 36 heavy (non-hydrogen) atoms. The number of amides is 2. The second-order valence-corrected chi connectivity index (χ2v) is 10.3. The van der Waals surface area contributed by atoms with Crippen molar-refractivity contribution in [3.63, 3.8) is 0 Å². The number of piperidine rings is 1. The fraction of sp³-hybridized carbons (Fsp3) is 0.429. The van der Waals surface area contributed by atoms with Gasteiger partial charge in [-0.1, -0.05) is 0 Å². The van der Waals surface area contributed by atoms with Gasteiger partial charge in [0.15, 0.2) is 0 Å². The van der Waals surface area contributed by atoms with E-state index >= 15 is 0 Å². The van der Waals surface area contributed by atoms with Crippen LogP contribution in [-0.4, -0.2) is 59.2 Å². The largest absolute Gasteiger partial charge is 0.381 e. The van der Waals surface area contributed by atoms with Crippen LogP contribution in [0.3, 0.4) is 0 Å². The van der Waals surface area contributed by atoms with Crippen LogP contribution in [0.5, 0.6) is 0 Å². The van der Waals surface area contributed by atoms with E-state index in [0.29, 0.717) is 40.8 Å². The number of quaternary nitrogens is 1. The van der Waals surface area contributed by atoms with Gasteiger partial charge in [0.05, 0.1) is 37.7 Å². The van der Waals surface area contributed by atoms with Gasteiger partial charge in [-0.2, -0.15) is 5.26 Å². The Kier molecular flexibility index (Phi) is 6.61. The number of ether oxygens (including phenoxy) is 1. The van der Waals surface area contributed by atoms with Crippen LogP contribution in [-0.2, 0) is 16.6 Å². The SMILES string of the molecule is Cn1cc(C2CC[N+](C)(C(=O)C3CCOCC3)CC2)c2cc(NC(=O)c3cc(C#N)ccn3)ccc21. The monoisotopic (exact) mass is 486 g/mol. The molecule has 2 saturated heterocycles. The first-order valence-electron chi connectivity index (χ1n) is 12.6. The average molecular weight is 487 g/mol. The second kappa shape index (κ2) is 9.84. The van der Waals surface area contributed by atoms with E-state index in [4.69, 9.17) is 10.00 Å². The quantitative estimate of drug-likeness (QED) is 0.563. The van der Waals surface area contributed by atoms with Crippen molar-refractivity contribution in [1.82, 2.24) is 9.55 Å². The van der Waals surface area contributed by atoms with E-state index in [1.807, 2.05) is 31.3 Å². The molecule has 8 nitrogen and oxygen atoms in total. The maximum Gasteiger partial charge on any atom is 0.316 e. The number of aryl methyl sites for hydroxylation is 1. The highest BCUT2D eigenvalue weighted by Gasteiger charge is 2.41. The Labute approximate surface area is 211 Å². The highest BCUT2D eigenvalue weighted by atomic mass is 16.5. The third kappa shape index (κ3) is 4.64. The van der Waals surface area contributed by atoms with Gasteiger partial charge < -0.3 is 14.6 Å². The summed E-state index contributed by atoms with van der Waals surface area (Å²) in [6.45, 7) is 3.06. The van der Waals surface area contributed by atoms with Crippen molar-refractivity contribution in [3.05, 3.63) is 59.5 Å². The number of benzene rings is 1. The molecule has 0 radical (unpaired) electrons. The molecule has 2 aromatic heterocycles. The van der Waals surface area contributed by atoms with Crippen molar-refractivity contribution < 1.29 is 18.8 Å². The summed E-state index contributed by atoms with van der Waals surface area (Å²) in [5.74, 6) is 0.504. The first-order chi connectivity index (χ1) is 17.4. The number of aromatic nitrogens is 2. The van der Waals surface area contributed by atoms with Crippen LogP contribution in [0.4, 0.5) is 5.69 Å². The van der Waals surface area contributed by atoms with Crippen molar-refractivity contribution in [2.45, 2.75) is 31.6 Å². The Morgan fingerprint density at radius 2 is 1.89 bits per heavy atom. The van der Waals surface area contributed by atoms with Gasteiger partial charge in [-0.25, -0.2) is 4.79 Å². The highest BCUT2D eigenvalue weighted by Crippen LogP contribution is 2.38. The van der Waals surface area contributed by atoms with E-state index in [1.54, 1.807) is 6.07 Å². The zero-order valence-corrected chi connectivity index (χ0v) is 20.9. The van der Waals surface area contributed by atoms with Crippen molar-refractivity contribution in [2.75, 3.05) is 38.7 Å². The molecular weight excluding hydrogens is 454 g/mol. The summed E-state index contributed by atoms with van der Waals surface area (Å²) < 4.78 is 8.10. The van der Waals surface area contributed by atoms with Gasteiger partial charge in [0.1, 0.15) is 5.69 Å². The third-order valence-electron chi connectivity index (χ3n) is 7.88. The molecule has 0 atom stereocenters. The maximum atomic E-state index is 13.3. The summed E-state index contributed by atoms with van der Waals surface area (Å²) in [5.41, 5.74) is 3.66. The minimum absolute atomic E-state index is 0.118. The fourth-order valence-electron chi connectivity index (χ4n) is 5.70. The highest BCUT2D eigenvalue weighted by molar-refractivity contribution is 6.04. The predicted octanol–water partition coefficient (Wildman–Crippen LogP) is 3.97. The number of nitrogens with zero attached hydrogens (tertiary/aromatic N) is 4. The first kappa shape index (κ1) is 24.2. The van der Waals surface area contributed by atoms with Crippen molar-refractivity contribution in [3.8, 4) is 6.07 Å². The molecule has 8 heteroatoms. The van der Waals surface area contributed by atoms with Crippen LogP contribution in [0.2, 0.25) is 0 Å². The van der Waals surface area contributed by atoms with Crippen molar-refractivity contribution in [2.24, 2.45) is 13.0 Å². The maximum absolute atomic E-state index is 13.3. The molecule has 4 heterocycles. The number of carbonyl (C=O) groups excluding carboxylic acids is 2. The first-order valence-corrected chi connectivity index (χ1v) is 12.6. The second-order valence-electron chi connectivity index (χ2n) is 10.3. The third-order valence-corrected chi connectivity index (χ3v) is 7.88. The number of likely N-dealkylation sites (tertiary alicyclic amines) is 1. The number of hydrogen-bond acceptors (Lipinski definition) is 5. The van der Waals surface area contributed by atoms with Crippen LogP contribution in [0.1, 0.15) is 53.2 Å². The molecule has 0 bridgehead atoms. The topological polar surface area (TPSA) is 97.0 Å². The lowest BCUT2D eigenvalue weighted by atomic mass is 9.86. The van der Waals surface area contributed by atoms with Gasteiger partial charge in [-0.3, -0.25) is 14.3 Å². The molecule has 186 valence electrons. The summed E-state index contributed by atoms with van der Waals surface area (Å²) in [6.07, 6.45) is 7.23. The molecule has 0 spiro atoms. The number of nitrogens with one attached hydrogen (secondary N) is 1. The molecular formula is C28H32N5O3+. The van der Waals surface area contributed by atoms with E-state index in [0.717, 1.165) is 49.7 Å². The van der Waals surface area contributed by atoms with Crippen LogP contribution in [0.15, 0.2) is 42.7 Å². The fourth-order valence-corrected chi connectivity index (χ4v) is 5.70. The van der Waals surface area contributed by atoms with Gasteiger partial charge in [0.25, 0.3) is 5.91 Å². The number of fused-ring (bicyclic) bond motifs is 1. The van der Waals surface area contributed by atoms with Gasteiger partial charge in [-0.05, 0) is 54.7 Å². The number of anilines is 1. The van der Waals surface area contributed by atoms with Crippen LogP contribution >= 0.6 is 0 Å². The van der Waals surface area contributed by atoms with E-state index in [-0.39, 0.29) is 17.5 Å². The molecule has 2 aliphatic heterocycles. The molecule has 0 saturated carbocycles. The standard InChI is InChI=1S/C28H31N5O3/c1-32-18-24(20-6-11-33(2,12-7-20)28(35)21-8-13-36-14-9-21)23-16-22(3-4-26(23)32)31-27(34)25-15-19(17-29)5-10-30-25/h3-5,10,15-16,18,20-21H,6-9,11-14H2,1-2H3/p+1. The number of rotatable bonds is 4. The minimum Gasteiger partial charge on any atom is -0.381 e. The number of nitriles is 1. The summed E-state index contributed by atoms with van der Waals surface area (Å²) >= 11 is 0. The Hall–Kier alpha value is -3.54. The van der Waals surface area contributed by atoms with Gasteiger partial charge in [0, 0.05) is 62.1 Å². The summed E-state index contributed by atoms with van der Waals surface area (Å²) in [7, 11) is 4.14. The van der Waals surface area contributed by atoms with Gasteiger partial charge in [0.2, 0.25) is 0 Å². The van der Waals surface area contributed by atoms with Gasteiger partial charge in [-0.15, -0.1) is 0 Å². The predicted molar refractivity (Wildman–Crippen MR) is 136 cm³/mol. The lowest BCUT2D eigenvalue weighted by molar-refractivity contribution is -0.842. The molecule has 1 aromatic carbocycles. The molecule has 2 aliphatic rings. The summed E-state index contributed by atoms with van der Waals surface area (Å²) in [5, 5.41) is 13.1. The molecule has 0 unspecified atom stereocenters. The van der Waals surface area contributed by atoms with Crippen LogP contribution < -0.4 is 5.32 Å². The van der Waals surface area contributed by atoms with E-state index in [9.17, 15) is 9.59 Å². The molecule has 0 aliphatic carbocycles. The smallest absolute Gasteiger partial charge is 0.316 e. The lowest BCUT2D eigenvalue weighted by Crippen LogP contribution is -2.56. The van der Waals surface area contributed by atoms with Crippen molar-refractivity contribution >= 4 is 28.4 Å². The summed E-state index contributed by atoms with van der Waals surface area (Å²) in [4.78, 5) is 30.1. The number of pyridine rings is 1. The van der Waals surface area contributed by atoms with Gasteiger partial charge >= 0.3 is 5.91 Å². The van der Waals surface area contributed by atoms with Crippen LogP contribution in [0, 0.1) is 17.2 Å². The zero-order chi connectivity index (χ0) is 25.3. The van der Waals surface area contributed by atoms with E-state index in [1.165, 1.54) is 17.8 Å². The molecule has 5 rings (SSSR count). The zero-order valence-electron chi connectivity index (χ0n) is 20.9. The Morgan fingerprint density at radius 1 is 1.14 bits per heavy atom. The number of carbonyl (C=O) groups is 2. The van der Waals surface area contributed by atoms with E-state index < -0.39 is 0 Å². The van der Waals surface area contributed by atoms with Crippen molar-refractivity contribution in [1.29, 1.82) is 5.26 Å². The normalized spacial score (nSPS) is 22.8. The Bertz CT molecular complexity index is 1340. The minimum atomic E-state index is -0.346. The van der Waals surface area contributed by atoms with Crippen LogP contribution in [0.25, 0.3) is 10.9 Å². The molecule has 1 N–H and O–H groups in total. The molecule has 3 aromatic rings. The Balaban J connectivity index is 1.33. The summed E-state index contributed by atoms with van der Waals surface area (Å²) in [6, 6.07) is 11.0. The molecule has 2 fully saturated rings. The number of hydrogen-bond donors (Lipinski definition) is 1. The van der Waals surface area contributed by atoms with E-state index in [2.05, 4.69) is 28.1 Å².